The van der Waals surface area contributed by atoms with Crippen molar-refractivity contribution in [1.29, 1.82) is 0 Å². The predicted octanol–water partition coefficient (Wildman–Crippen LogP) is 4.28. The Bertz CT molecular complexity index is 1190. The van der Waals surface area contributed by atoms with Gasteiger partial charge in [-0.2, -0.15) is 0 Å². The fourth-order valence-corrected chi connectivity index (χ4v) is 4.85. The molecule has 0 spiro atoms. The average Bonchev–Trinajstić information content (AvgIpc) is 3.09. The van der Waals surface area contributed by atoms with Crippen molar-refractivity contribution in [2.45, 2.75) is 37.5 Å². The van der Waals surface area contributed by atoms with Crippen molar-refractivity contribution in [2.24, 2.45) is 0 Å². The number of amides is 1. The van der Waals surface area contributed by atoms with E-state index < -0.39 is 10.0 Å². The molecule has 1 aliphatic heterocycles. The van der Waals surface area contributed by atoms with E-state index in [4.69, 9.17) is 0 Å². The maximum absolute atomic E-state index is 12.7. The van der Waals surface area contributed by atoms with Crippen molar-refractivity contribution in [3.8, 4) is 11.3 Å². The number of carbonyl (C=O) groups is 1. The number of aromatic nitrogens is 2. The molecule has 8 nitrogen and oxygen atoms in total. The Balaban J connectivity index is 1.43. The van der Waals surface area contributed by atoms with Crippen LogP contribution in [0.25, 0.3) is 11.3 Å². The van der Waals surface area contributed by atoms with Crippen LogP contribution in [0.1, 0.15) is 32.6 Å². The molecule has 1 amide bonds. The fraction of sp³-hybridized carbons (Fsp3) is 0.292. The lowest BCUT2D eigenvalue weighted by Crippen LogP contribution is -2.25. The number of nitrogens with one attached hydrogen (secondary N) is 2. The third kappa shape index (κ3) is 5.87. The zero-order valence-electron chi connectivity index (χ0n) is 18.5. The van der Waals surface area contributed by atoms with E-state index >= 15 is 0 Å². The molecule has 0 unspecified atom stereocenters. The Kier molecular flexibility index (Phi) is 6.88. The quantitative estimate of drug-likeness (QED) is 0.563. The minimum atomic E-state index is -3.75. The van der Waals surface area contributed by atoms with Crippen molar-refractivity contribution in [3.63, 3.8) is 0 Å². The summed E-state index contributed by atoms with van der Waals surface area (Å²) in [7, 11) is -3.75. The Morgan fingerprint density at radius 1 is 0.818 bits per heavy atom. The molecule has 0 saturated carbocycles. The van der Waals surface area contributed by atoms with E-state index in [1.807, 2.05) is 24.3 Å². The van der Waals surface area contributed by atoms with Gasteiger partial charge in [0.15, 0.2) is 5.82 Å². The average molecular weight is 466 g/mol. The lowest BCUT2D eigenvalue weighted by molar-refractivity contribution is -0.114. The van der Waals surface area contributed by atoms with Crippen LogP contribution in [0.15, 0.2) is 65.6 Å². The van der Waals surface area contributed by atoms with Gasteiger partial charge in [0, 0.05) is 37.0 Å². The summed E-state index contributed by atoms with van der Waals surface area (Å²) < 4.78 is 27.9. The summed E-state index contributed by atoms with van der Waals surface area (Å²) in [6.45, 7) is 3.42. The van der Waals surface area contributed by atoms with E-state index in [1.165, 1.54) is 44.7 Å². The van der Waals surface area contributed by atoms with E-state index in [0.717, 1.165) is 30.2 Å². The number of rotatable bonds is 6. The first kappa shape index (κ1) is 22.7. The highest BCUT2D eigenvalue weighted by molar-refractivity contribution is 7.92. The number of nitrogens with zero attached hydrogens (tertiary/aromatic N) is 3. The van der Waals surface area contributed by atoms with Gasteiger partial charge in [-0.1, -0.05) is 25.0 Å². The largest absolute Gasteiger partial charge is 0.355 e. The zero-order chi connectivity index (χ0) is 23.3. The van der Waals surface area contributed by atoms with E-state index in [0.29, 0.717) is 11.4 Å². The first-order chi connectivity index (χ1) is 15.9. The van der Waals surface area contributed by atoms with Crippen molar-refractivity contribution in [3.05, 3.63) is 60.7 Å². The zero-order valence-corrected chi connectivity index (χ0v) is 19.3. The van der Waals surface area contributed by atoms with Crippen molar-refractivity contribution in [1.82, 2.24) is 10.2 Å². The highest BCUT2D eigenvalue weighted by Crippen LogP contribution is 2.24. The molecule has 2 N–H and O–H groups in total. The lowest BCUT2D eigenvalue weighted by Gasteiger charge is -2.20. The SMILES string of the molecule is CC(=O)Nc1ccc(S(=O)(=O)Nc2ccc(-c3ccc(N4CCCCCC4)nn3)cc2)cc1. The van der Waals surface area contributed by atoms with Gasteiger partial charge >= 0.3 is 0 Å². The molecular formula is C24H27N5O3S. The molecule has 2 heterocycles. The second kappa shape index (κ2) is 9.99. The van der Waals surface area contributed by atoms with Crippen molar-refractivity contribution in [2.75, 3.05) is 28.0 Å². The number of benzene rings is 2. The summed E-state index contributed by atoms with van der Waals surface area (Å²) in [5.41, 5.74) is 2.57. The third-order valence-electron chi connectivity index (χ3n) is 5.50. The summed E-state index contributed by atoms with van der Waals surface area (Å²) in [6, 6.07) is 17.0. The highest BCUT2D eigenvalue weighted by Gasteiger charge is 2.15. The summed E-state index contributed by atoms with van der Waals surface area (Å²) in [4.78, 5) is 13.5. The molecule has 1 aliphatic rings. The van der Waals surface area contributed by atoms with Crippen LogP contribution in [0, 0.1) is 0 Å². The minimum absolute atomic E-state index is 0.107. The molecule has 2 aromatic carbocycles. The normalized spacial score (nSPS) is 14.4. The van der Waals surface area contributed by atoms with Gasteiger partial charge in [-0.3, -0.25) is 9.52 Å². The van der Waals surface area contributed by atoms with Crippen LogP contribution in [0.3, 0.4) is 0 Å². The fourth-order valence-electron chi connectivity index (χ4n) is 3.79. The number of hydrogen-bond donors (Lipinski definition) is 2. The van der Waals surface area contributed by atoms with E-state index in [9.17, 15) is 13.2 Å². The van der Waals surface area contributed by atoms with E-state index in [1.54, 1.807) is 24.3 Å². The van der Waals surface area contributed by atoms with Gasteiger partial charge < -0.3 is 10.2 Å². The standard InChI is InChI=1S/C24H27N5O3S/c1-18(30)25-20-10-12-22(13-11-20)33(31,32)28-21-8-6-19(7-9-21)23-14-15-24(27-26-23)29-16-4-2-3-5-17-29/h6-15,28H,2-5,16-17H2,1H3,(H,25,30). The van der Waals surface area contributed by atoms with E-state index in [-0.39, 0.29) is 10.8 Å². The van der Waals surface area contributed by atoms with Gasteiger partial charge in [0.05, 0.1) is 10.6 Å². The molecule has 0 bridgehead atoms. The molecule has 4 rings (SSSR count). The molecule has 9 heteroatoms. The maximum atomic E-state index is 12.7. The maximum Gasteiger partial charge on any atom is 0.261 e. The number of hydrogen-bond acceptors (Lipinski definition) is 6. The van der Waals surface area contributed by atoms with Gasteiger partial charge in [0.1, 0.15) is 0 Å². The first-order valence-electron chi connectivity index (χ1n) is 11.0. The molecule has 33 heavy (non-hydrogen) atoms. The molecule has 3 aromatic rings. The summed E-state index contributed by atoms with van der Waals surface area (Å²) in [5.74, 6) is 0.680. The van der Waals surface area contributed by atoms with Crippen LogP contribution in [-0.2, 0) is 14.8 Å². The number of carbonyl (C=O) groups excluding carboxylic acids is 1. The van der Waals surface area contributed by atoms with Gasteiger partial charge in [-0.15, -0.1) is 10.2 Å². The molecule has 0 radical (unpaired) electrons. The van der Waals surface area contributed by atoms with Crippen LogP contribution < -0.4 is 14.9 Å². The summed E-state index contributed by atoms with van der Waals surface area (Å²) >= 11 is 0. The monoisotopic (exact) mass is 465 g/mol. The molecule has 0 aliphatic carbocycles. The number of anilines is 3. The van der Waals surface area contributed by atoms with Gasteiger partial charge in [0.25, 0.3) is 10.0 Å². The Morgan fingerprint density at radius 2 is 1.45 bits per heavy atom. The molecular weight excluding hydrogens is 438 g/mol. The second-order valence-electron chi connectivity index (χ2n) is 8.07. The summed E-state index contributed by atoms with van der Waals surface area (Å²) in [5, 5.41) is 11.4. The van der Waals surface area contributed by atoms with Crippen LogP contribution in [0.4, 0.5) is 17.2 Å². The third-order valence-corrected chi connectivity index (χ3v) is 6.90. The second-order valence-corrected chi connectivity index (χ2v) is 9.75. The predicted molar refractivity (Wildman–Crippen MR) is 130 cm³/mol. The molecule has 1 fully saturated rings. The Hall–Kier alpha value is -3.46. The van der Waals surface area contributed by atoms with E-state index in [2.05, 4.69) is 25.1 Å². The molecule has 0 atom stereocenters. The molecule has 172 valence electrons. The molecule has 1 aromatic heterocycles. The molecule has 1 saturated heterocycles. The van der Waals surface area contributed by atoms with Crippen LogP contribution in [0.2, 0.25) is 0 Å². The number of sulfonamides is 1. The van der Waals surface area contributed by atoms with Crippen LogP contribution in [-0.4, -0.2) is 37.6 Å². The van der Waals surface area contributed by atoms with Gasteiger partial charge in [0.2, 0.25) is 5.91 Å². The van der Waals surface area contributed by atoms with Crippen LogP contribution in [0.5, 0.6) is 0 Å². The Morgan fingerprint density at radius 3 is 2.03 bits per heavy atom. The van der Waals surface area contributed by atoms with Crippen LogP contribution >= 0.6 is 0 Å². The van der Waals surface area contributed by atoms with Crippen molar-refractivity contribution >= 4 is 33.1 Å². The summed E-state index contributed by atoms with van der Waals surface area (Å²) in [6.07, 6.45) is 4.89. The smallest absolute Gasteiger partial charge is 0.261 e. The topological polar surface area (TPSA) is 104 Å². The highest BCUT2D eigenvalue weighted by atomic mass is 32.2. The van der Waals surface area contributed by atoms with Gasteiger partial charge in [-0.05, 0) is 61.4 Å². The first-order valence-corrected chi connectivity index (χ1v) is 12.5. The van der Waals surface area contributed by atoms with Gasteiger partial charge in [-0.25, -0.2) is 8.42 Å². The Labute approximate surface area is 194 Å². The minimum Gasteiger partial charge on any atom is -0.355 e. The van der Waals surface area contributed by atoms with Crippen molar-refractivity contribution < 1.29 is 13.2 Å². The lowest BCUT2D eigenvalue weighted by atomic mass is 10.1.